The van der Waals surface area contributed by atoms with Crippen molar-refractivity contribution in [1.82, 2.24) is 10.2 Å². The number of rotatable bonds is 3. The first-order chi connectivity index (χ1) is 11.9. The summed E-state index contributed by atoms with van der Waals surface area (Å²) in [6, 6.07) is 5.62. The van der Waals surface area contributed by atoms with Gasteiger partial charge in [0.2, 0.25) is 5.91 Å². The van der Waals surface area contributed by atoms with E-state index >= 15 is 0 Å². The summed E-state index contributed by atoms with van der Waals surface area (Å²) in [5, 5.41) is 11.8. The summed E-state index contributed by atoms with van der Waals surface area (Å²) >= 11 is 0. The topological polar surface area (TPSA) is 99.2 Å². The second kappa shape index (κ2) is 7.00. The van der Waals surface area contributed by atoms with Crippen LogP contribution in [0.4, 0.5) is 15.3 Å². The summed E-state index contributed by atoms with van der Waals surface area (Å²) in [4.78, 5) is 37.3. The van der Waals surface area contributed by atoms with E-state index in [0.717, 1.165) is 29.7 Å². The standard InChI is InChI=1S/C17H21N3O5/c1-11(21)18-8-15-10-20(17(24)25-15)14-5-4-13-9-19(16(22)23)6-2-3-12(13)7-14/h4-5,7,15H,2-3,6,8-10H2,1H3,(H,18,21)(H,22,23)/t15-/m0/s1. The van der Waals surface area contributed by atoms with Gasteiger partial charge in [-0.1, -0.05) is 6.07 Å². The number of amides is 3. The first-order valence-electron chi connectivity index (χ1n) is 8.26. The third-order valence-corrected chi connectivity index (χ3v) is 4.46. The van der Waals surface area contributed by atoms with Crippen molar-refractivity contribution in [2.45, 2.75) is 32.4 Å². The number of carbonyl (C=O) groups is 3. The van der Waals surface area contributed by atoms with Gasteiger partial charge in [-0.2, -0.15) is 0 Å². The summed E-state index contributed by atoms with van der Waals surface area (Å²) in [6.45, 7) is 2.95. The van der Waals surface area contributed by atoms with Gasteiger partial charge < -0.3 is 20.1 Å². The molecule has 1 fully saturated rings. The monoisotopic (exact) mass is 347 g/mol. The van der Waals surface area contributed by atoms with E-state index in [0.29, 0.717) is 19.6 Å². The van der Waals surface area contributed by atoms with Crippen LogP contribution < -0.4 is 10.2 Å². The maximum absolute atomic E-state index is 12.1. The molecule has 134 valence electrons. The Bertz CT molecular complexity index is 706. The Balaban J connectivity index is 1.74. The molecule has 0 saturated carbocycles. The Morgan fingerprint density at radius 3 is 2.88 bits per heavy atom. The number of nitrogens with one attached hydrogen (secondary N) is 1. The highest BCUT2D eigenvalue weighted by Gasteiger charge is 2.32. The number of hydrogen-bond acceptors (Lipinski definition) is 4. The fraction of sp³-hybridized carbons (Fsp3) is 0.471. The maximum Gasteiger partial charge on any atom is 0.414 e. The molecule has 0 aliphatic carbocycles. The first kappa shape index (κ1) is 17.1. The Morgan fingerprint density at radius 2 is 2.16 bits per heavy atom. The normalized spacial score (nSPS) is 19.9. The Morgan fingerprint density at radius 1 is 1.36 bits per heavy atom. The molecule has 2 N–H and O–H groups in total. The lowest BCUT2D eigenvalue weighted by molar-refractivity contribution is -0.119. The minimum atomic E-state index is -0.916. The fourth-order valence-corrected chi connectivity index (χ4v) is 3.17. The SMILES string of the molecule is CC(=O)NC[C@H]1CN(c2ccc3c(c2)CCCN(C(=O)O)C3)C(=O)O1. The molecule has 8 nitrogen and oxygen atoms in total. The molecule has 3 amide bonds. The molecule has 3 rings (SSSR count). The number of benzene rings is 1. The molecule has 25 heavy (non-hydrogen) atoms. The van der Waals surface area contributed by atoms with Crippen LogP contribution >= 0.6 is 0 Å². The quantitative estimate of drug-likeness (QED) is 0.865. The van der Waals surface area contributed by atoms with Crippen molar-refractivity contribution in [3.63, 3.8) is 0 Å². The highest BCUT2D eigenvalue weighted by atomic mass is 16.6. The van der Waals surface area contributed by atoms with Gasteiger partial charge in [0.1, 0.15) is 6.10 Å². The van der Waals surface area contributed by atoms with Gasteiger partial charge in [0.15, 0.2) is 0 Å². The smallest absolute Gasteiger partial charge is 0.414 e. The Hall–Kier alpha value is -2.77. The Kier molecular flexibility index (Phi) is 4.78. The molecule has 0 unspecified atom stereocenters. The average molecular weight is 347 g/mol. The molecule has 0 radical (unpaired) electrons. The van der Waals surface area contributed by atoms with Crippen LogP contribution in [0.5, 0.6) is 0 Å². The van der Waals surface area contributed by atoms with Crippen molar-refractivity contribution >= 4 is 23.8 Å². The molecule has 0 aromatic heterocycles. The molecule has 1 saturated heterocycles. The van der Waals surface area contributed by atoms with E-state index in [1.54, 1.807) is 4.90 Å². The molecule has 0 spiro atoms. The molecule has 1 aromatic carbocycles. The van der Waals surface area contributed by atoms with Gasteiger partial charge in [0, 0.05) is 25.7 Å². The molecule has 1 aromatic rings. The molecular formula is C17H21N3O5. The third-order valence-electron chi connectivity index (χ3n) is 4.46. The highest BCUT2D eigenvalue weighted by Crippen LogP contribution is 2.27. The zero-order chi connectivity index (χ0) is 18.0. The molecule has 2 heterocycles. The van der Waals surface area contributed by atoms with Crippen LogP contribution in [0.3, 0.4) is 0 Å². The summed E-state index contributed by atoms with van der Waals surface area (Å²) < 4.78 is 5.28. The Labute approximate surface area is 145 Å². The van der Waals surface area contributed by atoms with Crippen molar-refractivity contribution < 1.29 is 24.2 Å². The van der Waals surface area contributed by atoms with Crippen LogP contribution in [-0.4, -0.2) is 53.8 Å². The summed E-state index contributed by atoms with van der Waals surface area (Å²) in [6.07, 6.45) is -0.210. The van der Waals surface area contributed by atoms with Crippen LogP contribution in [0.1, 0.15) is 24.5 Å². The molecule has 0 bridgehead atoms. The predicted molar refractivity (Wildman–Crippen MR) is 89.5 cm³/mol. The number of nitrogens with zero attached hydrogens (tertiary/aromatic N) is 2. The fourth-order valence-electron chi connectivity index (χ4n) is 3.17. The van der Waals surface area contributed by atoms with Crippen LogP contribution in [0.15, 0.2) is 18.2 Å². The van der Waals surface area contributed by atoms with Crippen molar-refractivity contribution in [1.29, 1.82) is 0 Å². The summed E-state index contributed by atoms with van der Waals surface area (Å²) in [5.74, 6) is -0.164. The van der Waals surface area contributed by atoms with Gasteiger partial charge in [-0.3, -0.25) is 9.69 Å². The third kappa shape index (κ3) is 3.84. The van der Waals surface area contributed by atoms with Crippen molar-refractivity contribution in [2.75, 3.05) is 24.5 Å². The predicted octanol–water partition coefficient (Wildman–Crippen LogP) is 1.57. The average Bonchev–Trinajstić information content (AvgIpc) is 2.80. The van der Waals surface area contributed by atoms with E-state index < -0.39 is 12.2 Å². The minimum absolute atomic E-state index is 0.164. The summed E-state index contributed by atoms with van der Waals surface area (Å²) in [7, 11) is 0. The number of ether oxygens (including phenoxy) is 1. The number of carbonyl (C=O) groups excluding carboxylic acids is 2. The van der Waals surface area contributed by atoms with Gasteiger partial charge in [-0.15, -0.1) is 0 Å². The van der Waals surface area contributed by atoms with E-state index in [1.165, 1.54) is 11.8 Å². The molecular weight excluding hydrogens is 326 g/mol. The van der Waals surface area contributed by atoms with Crippen LogP contribution in [-0.2, 0) is 22.5 Å². The minimum Gasteiger partial charge on any atom is -0.465 e. The van der Waals surface area contributed by atoms with E-state index in [9.17, 15) is 19.5 Å². The number of anilines is 1. The lowest BCUT2D eigenvalue weighted by Crippen LogP contribution is -2.33. The molecule has 8 heteroatoms. The number of cyclic esters (lactones) is 1. The van der Waals surface area contributed by atoms with E-state index in [-0.39, 0.29) is 18.6 Å². The lowest BCUT2D eigenvalue weighted by Gasteiger charge is -2.18. The van der Waals surface area contributed by atoms with Gasteiger partial charge in [-0.25, -0.2) is 9.59 Å². The first-order valence-corrected chi connectivity index (χ1v) is 8.26. The van der Waals surface area contributed by atoms with Gasteiger partial charge in [0.25, 0.3) is 0 Å². The zero-order valence-electron chi connectivity index (χ0n) is 14.0. The second-order valence-corrected chi connectivity index (χ2v) is 6.31. The molecule has 2 aliphatic rings. The van der Waals surface area contributed by atoms with Crippen molar-refractivity contribution in [3.8, 4) is 0 Å². The number of hydrogen-bond donors (Lipinski definition) is 2. The van der Waals surface area contributed by atoms with Crippen LogP contribution in [0.2, 0.25) is 0 Å². The molecule has 1 atom stereocenters. The highest BCUT2D eigenvalue weighted by molar-refractivity contribution is 5.90. The van der Waals surface area contributed by atoms with Gasteiger partial charge in [-0.05, 0) is 36.1 Å². The zero-order valence-corrected chi connectivity index (χ0v) is 14.0. The maximum atomic E-state index is 12.1. The lowest BCUT2D eigenvalue weighted by atomic mass is 10.0. The summed E-state index contributed by atoms with van der Waals surface area (Å²) in [5.41, 5.74) is 2.75. The number of aryl methyl sites for hydroxylation is 1. The van der Waals surface area contributed by atoms with Crippen molar-refractivity contribution in [2.24, 2.45) is 0 Å². The van der Waals surface area contributed by atoms with Crippen molar-refractivity contribution in [3.05, 3.63) is 29.3 Å². The van der Waals surface area contributed by atoms with Gasteiger partial charge in [0.05, 0.1) is 13.1 Å². The second-order valence-electron chi connectivity index (χ2n) is 6.31. The largest absolute Gasteiger partial charge is 0.465 e. The van der Waals surface area contributed by atoms with Crippen LogP contribution in [0.25, 0.3) is 0 Å². The molecule has 2 aliphatic heterocycles. The van der Waals surface area contributed by atoms with E-state index in [1.807, 2.05) is 18.2 Å². The number of carboxylic acid groups (broad SMARTS) is 1. The van der Waals surface area contributed by atoms with E-state index in [4.69, 9.17) is 4.74 Å². The van der Waals surface area contributed by atoms with Gasteiger partial charge >= 0.3 is 12.2 Å². The van der Waals surface area contributed by atoms with Crippen LogP contribution in [0, 0.1) is 0 Å². The van der Waals surface area contributed by atoms with E-state index in [2.05, 4.69) is 5.32 Å². The number of fused-ring (bicyclic) bond motifs is 1.